The zero-order valence-corrected chi connectivity index (χ0v) is 13.0. The lowest BCUT2D eigenvalue weighted by atomic mass is 10.2. The normalized spacial score (nSPS) is 14.1. The van der Waals surface area contributed by atoms with E-state index < -0.39 is 0 Å². The van der Waals surface area contributed by atoms with E-state index in [0.717, 1.165) is 22.9 Å². The summed E-state index contributed by atoms with van der Waals surface area (Å²) in [5, 5.41) is 3.96. The molecule has 3 rings (SSSR count). The molecule has 0 unspecified atom stereocenters. The van der Waals surface area contributed by atoms with Gasteiger partial charge in [-0.1, -0.05) is 34.1 Å². The smallest absolute Gasteiger partial charge is 0.244 e. The molecule has 1 fully saturated rings. The second-order valence-electron chi connectivity index (χ2n) is 5.14. The van der Waals surface area contributed by atoms with Gasteiger partial charge in [0.15, 0.2) is 0 Å². The standard InChI is InChI=1S/C14H16BrN5O/c15-12-4-2-1-3-10(12)7-20(11-5-6-11)13(21)8-19-9-17-14(16)18-19/h1-4,9,11H,5-8H2,(H2,16,18). The second-order valence-corrected chi connectivity index (χ2v) is 6.00. The highest BCUT2D eigenvalue weighted by Crippen LogP contribution is 2.30. The van der Waals surface area contributed by atoms with Crippen LogP contribution in [0.5, 0.6) is 0 Å². The maximum absolute atomic E-state index is 12.5. The van der Waals surface area contributed by atoms with Gasteiger partial charge in [0.25, 0.3) is 0 Å². The van der Waals surface area contributed by atoms with E-state index in [9.17, 15) is 4.79 Å². The van der Waals surface area contributed by atoms with E-state index in [1.54, 1.807) is 0 Å². The first-order chi connectivity index (χ1) is 10.1. The maximum atomic E-state index is 12.5. The van der Waals surface area contributed by atoms with E-state index in [-0.39, 0.29) is 18.4 Å². The first kappa shape index (κ1) is 14.1. The molecule has 21 heavy (non-hydrogen) atoms. The van der Waals surface area contributed by atoms with Gasteiger partial charge in [0.2, 0.25) is 11.9 Å². The van der Waals surface area contributed by atoms with Crippen LogP contribution in [-0.2, 0) is 17.9 Å². The number of nitrogen functional groups attached to an aromatic ring is 1. The average molecular weight is 350 g/mol. The highest BCUT2D eigenvalue weighted by Gasteiger charge is 2.32. The van der Waals surface area contributed by atoms with Crippen molar-refractivity contribution in [3.8, 4) is 0 Å². The van der Waals surface area contributed by atoms with Crippen molar-refractivity contribution >= 4 is 27.8 Å². The van der Waals surface area contributed by atoms with Gasteiger partial charge in [0, 0.05) is 17.1 Å². The van der Waals surface area contributed by atoms with Crippen molar-refractivity contribution < 1.29 is 4.79 Å². The topological polar surface area (TPSA) is 77.0 Å². The zero-order chi connectivity index (χ0) is 14.8. The van der Waals surface area contributed by atoms with Crippen LogP contribution in [0.3, 0.4) is 0 Å². The number of carbonyl (C=O) groups excluding carboxylic acids is 1. The molecule has 1 amide bonds. The predicted octanol–water partition coefficient (Wildman–Crippen LogP) is 1.81. The molecular weight excluding hydrogens is 334 g/mol. The van der Waals surface area contributed by atoms with Gasteiger partial charge in [0.1, 0.15) is 12.9 Å². The number of nitrogens with zero attached hydrogens (tertiary/aromatic N) is 4. The molecule has 2 aromatic rings. The molecule has 1 aromatic carbocycles. The van der Waals surface area contributed by atoms with Gasteiger partial charge in [-0.2, -0.15) is 0 Å². The number of benzene rings is 1. The first-order valence-electron chi connectivity index (χ1n) is 6.81. The van der Waals surface area contributed by atoms with E-state index in [4.69, 9.17) is 5.73 Å². The molecule has 1 saturated carbocycles. The fraction of sp³-hybridized carbons (Fsp3) is 0.357. The van der Waals surface area contributed by atoms with Gasteiger partial charge in [0.05, 0.1) is 0 Å². The molecule has 0 spiro atoms. The van der Waals surface area contributed by atoms with Gasteiger partial charge < -0.3 is 10.6 Å². The van der Waals surface area contributed by atoms with Crippen LogP contribution in [0.2, 0.25) is 0 Å². The number of nitrogens with two attached hydrogens (primary N) is 1. The summed E-state index contributed by atoms with van der Waals surface area (Å²) >= 11 is 3.53. The third kappa shape index (κ3) is 3.41. The highest BCUT2D eigenvalue weighted by molar-refractivity contribution is 9.10. The quantitative estimate of drug-likeness (QED) is 0.892. The van der Waals surface area contributed by atoms with Crippen LogP contribution in [0.25, 0.3) is 0 Å². The molecule has 1 aliphatic rings. The Morgan fingerprint density at radius 2 is 2.19 bits per heavy atom. The summed E-state index contributed by atoms with van der Waals surface area (Å²) in [6, 6.07) is 8.30. The Kier molecular flexibility index (Phi) is 3.92. The molecule has 6 nitrogen and oxygen atoms in total. The SMILES string of the molecule is Nc1ncn(CC(=O)N(Cc2ccccc2Br)C2CC2)n1. The maximum Gasteiger partial charge on any atom is 0.244 e. The lowest BCUT2D eigenvalue weighted by Gasteiger charge is -2.23. The van der Waals surface area contributed by atoms with E-state index in [0.29, 0.717) is 12.6 Å². The van der Waals surface area contributed by atoms with E-state index in [1.165, 1.54) is 11.0 Å². The van der Waals surface area contributed by atoms with Crippen molar-refractivity contribution in [1.82, 2.24) is 19.7 Å². The van der Waals surface area contributed by atoms with Crippen molar-refractivity contribution in [2.45, 2.75) is 32.0 Å². The fourth-order valence-electron chi connectivity index (χ4n) is 2.23. The van der Waals surface area contributed by atoms with Crippen LogP contribution in [0.4, 0.5) is 5.95 Å². The summed E-state index contributed by atoms with van der Waals surface area (Å²) in [5.41, 5.74) is 6.58. The van der Waals surface area contributed by atoms with Crippen LogP contribution >= 0.6 is 15.9 Å². The van der Waals surface area contributed by atoms with Crippen LogP contribution in [0, 0.1) is 0 Å². The number of hydrogen-bond acceptors (Lipinski definition) is 4. The molecule has 7 heteroatoms. The third-order valence-corrected chi connectivity index (χ3v) is 4.23. The molecule has 0 aliphatic heterocycles. The monoisotopic (exact) mass is 349 g/mol. The number of halogens is 1. The third-order valence-electron chi connectivity index (χ3n) is 3.46. The molecule has 110 valence electrons. The Labute approximate surface area is 131 Å². The minimum absolute atomic E-state index is 0.0400. The second kappa shape index (κ2) is 5.85. The molecule has 0 bridgehead atoms. The van der Waals surface area contributed by atoms with Gasteiger partial charge in [-0.05, 0) is 24.5 Å². The van der Waals surface area contributed by atoms with Crippen LogP contribution in [-0.4, -0.2) is 31.6 Å². The fourth-order valence-corrected chi connectivity index (χ4v) is 2.64. The van der Waals surface area contributed by atoms with E-state index in [2.05, 4.69) is 26.0 Å². The number of aromatic nitrogens is 3. The van der Waals surface area contributed by atoms with Crippen molar-refractivity contribution in [1.29, 1.82) is 0 Å². The van der Waals surface area contributed by atoms with Crippen LogP contribution < -0.4 is 5.73 Å². The molecule has 1 aliphatic carbocycles. The van der Waals surface area contributed by atoms with Crippen LogP contribution in [0.1, 0.15) is 18.4 Å². The van der Waals surface area contributed by atoms with E-state index in [1.807, 2.05) is 29.2 Å². The summed E-state index contributed by atoms with van der Waals surface area (Å²) in [7, 11) is 0. The summed E-state index contributed by atoms with van der Waals surface area (Å²) in [5.74, 6) is 0.227. The van der Waals surface area contributed by atoms with Gasteiger partial charge in [-0.25, -0.2) is 9.67 Å². The molecule has 0 saturated heterocycles. The summed E-state index contributed by atoms with van der Waals surface area (Å²) < 4.78 is 2.50. The Hall–Kier alpha value is -1.89. The van der Waals surface area contributed by atoms with Gasteiger partial charge in [-0.15, -0.1) is 5.10 Å². The first-order valence-corrected chi connectivity index (χ1v) is 7.60. The summed E-state index contributed by atoms with van der Waals surface area (Å²) in [6.45, 7) is 0.778. The highest BCUT2D eigenvalue weighted by atomic mass is 79.9. The van der Waals surface area contributed by atoms with E-state index >= 15 is 0 Å². The minimum atomic E-state index is 0.0400. The van der Waals surface area contributed by atoms with Crippen LogP contribution in [0.15, 0.2) is 35.1 Å². The molecule has 2 N–H and O–H groups in total. The van der Waals surface area contributed by atoms with Gasteiger partial charge >= 0.3 is 0 Å². The van der Waals surface area contributed by atoms with Crippen molar-refractivity contribution in [2.24, 2.45) is 0 Å². The molecule has 0 radical (unpaired) electrons. The number of hydrogen-bond donors (Lipinski definition) is 1. The Bertz CT molecular complexity index is 652. The minimum Gasteiger partial charge on any atom is -0.367 e. The molecular formula is C14H16BrN5O. The van der Waals surface area contributed by atoms with Crippen molar-refractivity contribution in [3.05, 3.63) is 40.6 Å². The number of rotatable bonds is 5. The van der Waals surface area contributed by atoms with Crippen molar-refractivity contribution in [2.75, 3.05) is 5.73 Å². The molecule has 0 atom stereocenters. The Balaban J connectivity index is 1.72. The number of anilines is 1. The summed E-state index contributed by atoms with van der Waals surface area (Å²) in [6.07, 6.45) is 3.61. The Morgan fingerprint density at radius 1 is 1.43 bits per heavy atom. The predicted molar refractivity (Wildman–Crippen MR) is 82.1 cm³/mol. The zero-order valence-electron chi connectivity index (χ0n) is 11.4. The molecule has 1 heterocycles. The number of carbonyl (C=O) groups is 1. The Morgan fingerprint density at radius 3 is 2.81 bits per heavy atom. The average Bonchev–Trinajstić information content (AvgIpc) is 3.21. The van der Waals surface area contributed by atoms with Crippen molar-refractivity contribution in [3.63, 3.8) is 0 Å². The molecule has 1 aromatic heterocycles. The van der Waals surface area contributed by atoms with Gasteiger partial charge in [-0.3, -0.25) is 4.79 Å². The largest absolute Gasteiger partial charge is 0.367 e. The lowest BCUT2D eigenvalue weighted by Crippen LogP contribution is -2.35. The summed E-state index contributed by atoms with van der Waals surface area (Å²) in [4.78, 5) is 18.3. The lowest BCUT2D eigenvalue weighted by molar-refractivity contribution is -0.133. The number of amides is 1.